The molecule has 0 aliphatic carbocycles. The Bertz CT molecular complexity index is 939. The number of piperazine rings is 1. The van der Waals surface area contributed by atoms with Gasteiger partial charge in [-0.3, -0.25) is 0 Å². The van der Waals surface area contributed by atoms with E-state index in [-0.39, 0.29) is 18.8 Å². The topological polar surface area (TPSA) is 40.6 Å². The van der Waals surface area contributed by atoms with Crippen molar-refractivity contribution in [2.45, 2.75) is 16.8 Å². The highest BCUT2D eigenvalue weighted by Gasteiger charge is 2.33. The Hall–Kier alpha value is -2.36. The smallest absolute Gasteiger partial charge is 0.368 e. The maximum Gasteiger partial charge on any atom is 0.416 e. The van der Waals surface area contributed by atoms with Crippen LogP contribution in [-0.4, -0.2) is 40.4 Å². The monoisotopic (exact) mass is 420 g/mol. The van der Waals surface area contributed by atoms with Gasteiger partial charge in [-0.05, 0) is 30.3 Å². The SMILES string of the molecule is O=S(=O)(c1ccccc1N1CCN(c2cccc(C(F)(F)F)c2)CC1)C(F)F. The molecule has 1 heterocycles. The van der Waals surface area contributed by atoms with Crippen LogP contribution in [0.25, 0.3) is 0 Å². The fraction of sp³-hybridized carbons (Fsp3) is 0.333. The molecule has 0 aromatic heterocycles. The molecule has 0 spiro atoms. The molecule has 1 fully saturated rings. The number of hydrogen-bond donors (Lipinski definition) is 0. The van der Waals surface area contributed by atoms with Crippen LogP contribution in [0.5, 0.6) is 0 Å². The van der Waals surface area contributed by atoms with Gasteiger partial charge in [-0.2, -0.15) is 22.0 Å². The molecule has 2 aromatic carbocycles. The highest BCUT2D eigenvalue weighted by Crippen LogP contribution is 2.33. The summed E-state index contributed by atoms with van der Waals surface area (Å²) in [4.78, 5) is 2.95. The highest BCUT2D eigenvalue weighted by molar-refractivity contribution is 7.91. The molecule has 0 N–H and O–H groups in total. The van der Waals surface area contributed by atoms with E-state index in [0.717, 1.165) is 18.2 Å². The minimum absolute atomic E-state index is 0.173. The first-order chi connectivity index (χ1) is 13.1. The molecule has 10 heteroatoms. The second-order valence-corrected chi connectivity index (χ2v) is 8.18. The Morgan fingerprint density at radius 1 is 0.857 bits per heavy atom. The third-order valence-corrected chi connectivity index (χ3v) is 5.99. The highest BCUT2D eigenvalue weighted by atomic mass is 32.2. The van der Waals surface area contributed by atoms with Crippen molar-refractivity contribution in [2.75, 3.05) is 36.0 Å². The number of hydrogen-bond acceptors (Lipinski definition) is 4. The van der Waals surface area contributed by atoms with Crippen molar-refractivity contribution in [2.24, 2.45) is 0 Å². The van der Waals surface area contributed by atoms with Crippen molar-refractivity contribution >= 4 is 21.2 Å². The molecular formula is C18H17F5N2O2S. The minimum Gasteiger partial charge on any atom is -0.368 e. The lowest BCUT2D eigenvalue weighted by molar-refractivity contribution is -0.137. The number of rotatable bonds is 4. The molecule has 0 radical (unpaired) electrons. The van der Waals surface area contributed by atoms with Crippen LogP contribution in [0.1, 0.15) is 5.56 Å². The van der Waals surface area contributed by atoms with Crippen LogP contribution in [0.4, 0.5) is 33.3 Å². The molecule has 0 unspecified atom stereocenters. The van der Waals surface area contributed by atoms with E-state index in [2.05, 4.69) is 0 Å². The minimum atomic E-state index is -4.76. The van der Waals surface area contributed by atoms with Gasteiger partial charge in [0.25, 0.3) is 0 Å². The first-order valence-corrected chi connectivity index (χ1v) is 9.93. The van der Waals surface area contributed by atoms with Crippen LogP contribution in [0.15, 0.2) is 53.4 Å². The lowest BCUT2D eigenvalue weighted by Crippen LogP contribution is -2.47. The van der Waals surface area contributed by atoms with Gasteiger partial charge in [0.05, 0.1) is 16.1 Å². The Morgan fingerprint density at radius 2 is 1.46 bits per heavy atom. The lowest BCUT2D eigenvalue weighted by atomic mass is 10.1. The van der Waals surface area contributed by atoms with Crippen molar-refractivity contribution in [3.63, 3.8) is 0 Å². The van der Waals surface area contributed by atoms with Crippen LogP contribution in [0.3, 0.4) is 0 Å². The molecule has 1 aliphatic rings. The standard InChI is InChI=1S/C18H17F5N2O2S/c19-17(20)28(26,27)16-7-2-1-6-15(16)25-10-8-24(9-11-25)14-5-3-4-13(12-14)18(21,22)23/h1-7,12,17H,8-11H2. The summed E-state index contributed by atoms with van der Waals surface area (Å²) >= 11 is 0. The van der Waals surface area contributed by atoms with Gasteiger partial charge in [0.2, 0.25) is 9.84 Å². The second-order valence-electron chi connectivity index (χ2n) is 6.30. The van der Waals surface area contributed by atoms with Crippen molar-refractivity contribution in [3.05, 3.63) is 54.1 Å². The summed E-state index contributed by atoms with van der Waals surface area (Å²) in [6.07, 6.45) is -4.44. The summed E-state index contributed by atoms with van der Waals surface area (Å²) in [5.41, 5.74) is -0.171. The van der Waals surface area contributed by atoms with Gasteiger partial charge in [0.15, 0.2) is 0 Å². The summed E-state index contributed by atoms with van der Waals surface area (Å²) in [6, 6.07) is 10.5. The normalized spacial score (nSPS) is 15.9. The maximum absolute atomic E-state index is 13.0. The van der Waals surface area contributed by atoms with Crippen LogP contribution >= 0.6 is 0 Å². The molecule has 4 nitrogen and oxygen atoms in total. The largest absolute Gasteiger partial charge is 0.416 e. The molecule has 152 valence electrons. The number of halogens is 5. The number of sulfone groups is 1. The predicted molar refractivity (Wildman–Crippen MR) is 95.5 cm³/mol. The summed E-state index contributed by atoms with van der Waals surface area (Å²) < 4.78 is 88.4. The molecular weight excluding hydrogens is 403 g/mol. The molecule has 28 heavy (non-hydrogen) atoms. The van der Waals surface area contributed by atoms with Gasteiger partial charge >= 0.3 is 11.9 Å². The molecule has 0 atom stereocenters. The third kappa shape index (κ3) is 4.06. The Labute approximate surface area is 159 Å². The fourth-order valence-electron chi connectivity index (χ4n) is 3.14. The lowest BCUT2D eigenvalue weighted by Gasteiger charge is -2.38. The van der Waals surface area contributed by atoms with E-state index in [1.165, 1.54) is 18.2 Å². The predicted octanol–water partition coefficient (Wildman–Crippen LogP) is 4.03. The van der Waals surface area contributed by atoms with Crippen LogP contribution in [0, 0.1) is 0 Å². The number of alkyl halides is 5. The molecule has 3 rings (SSSR count). The van der Waals surface area contributed by atoms with Crippen LogP contribution < -0.4 is 9.80 Å². The second kappa shape index (κ2) is 7.57. The van der Waals surface area contributed by atoms with Gasteiger partial charge in [0, 0.05) is 31.9 Å². The summed E-state index contributed by atoms with van der Waals surface area (Å²) in [5.74, 6) is -3.53. The van der Waals surface area contributed by atoms with Crippen LogP contribution in [-0.2, 0) is 16.0 Å². The van der Waals surface area contributed by atoms with E-state index < -0.39 is 32.2 Å². The van der Waals surface area contributed by atoms with Gasteiger partial charge in [0.1, 0.15) is 0 Å². The molecule has 0 bridgehead atoms. The fourth-order valence-corrected chi connectivity index (χ4v) is 4.09. The Kier molecular flexibility index (Phi) is 5.51. The quantitative estimate of drug-likeness (QED) is 0.701. The molecule has 1 aliphatic heterocycles. The van der Waals surface area contributed by atoms with E-state index in [1.54, 1.807) is 21.9 Å². The number of anilines is 2. The van der Waals surface area contributed by atoms with Crippen molar-refractivity contribution < 1.29 is 30.4 Å². The van der Waals surface area contributed by atoms with E-state index in [0.29, 0.717) is 18.8 Å². The van der Waals surface area contributed by atoms with Crippen molar-refractivity contribution in [1.82, 2.24) is 0 Å². The average Bonchev–Trinajstić information content (AvgIpc) is 2.67. The summed E-state index contributed by atoms with van der Waals surface area (Å²) in [7, 11) is -4.76. The van der Waals surface area contributed by atoms with E-state index >= 15 is 0 Å². The van der Waals surface area contributed by atoms with Crippen LogP contribution in [0.2, 0.25) is 0 Å². The zero-order valence-electron chi connectivity index (χ0n) is 14.5. The zero-order valence-corrected chi connectivity index (χ0v) is 15.4. The van der Waals surface area contributed by atoms with Gasteiger partial charge in [-0.1, -0.05) is 18.2 Å². The Morgan fingerprint density at radius 3 is 2.07 bits per heavy atom. The van der Waals surface area contributed by atoms with Gasteiger partial charge in [-0.25, -0.2) is 8.42 Å². The first-order valence-electron chi connectivity index (χ1n) is 8.39. The molecule has 1 saturated heterocycles. The van der Waals surface area contributed by atoms with E-state index in [1.807, 2.05) is 0 Å². The number of para-hydroxylation sites is 1. The van der Waals surface area contributed by atoms with E-state index in [9.17, 15) is 30.4 Å². The average molecular weight is 420 g/mol. The van der Waals surface area contributed by atoms with Gasteiger partial charge < -0.3 is 9.80 Å². The van der Waals surface area contributed by atoms with E-state index in [4.69, 9.17) is 0 Å². The number of nitrogens with zero attached hydrogens (tertiary/aromatic N) is 2. The van der Waals surface area contributed by atoms with Crippen molar-refractivity contribution in [1.29, 1.82) is 0 Å². The molecule has 2 aromatic rings. The summed E-state index contributed by atoms with van der Waals surface area (Å²) in [5, 5.41) is 0. The number of benzene rings is 2. The molecule has 0 amide bonds. The summed E-state index contributed by atoms with van der Waals surface area (Å²) in [6.45, 7) is 1.22. The third-order valence-electron chi connectivity index (χ3n) is 4.57. The Balaban J connectivity index is 1.79. The first kappa shape index (κ1) is 20.4. The van der Waals surface area contributed by atoms with Gasteiger partial charge in [-0.15, -0.1) is 0 Å². The molecule has 0 saturated carbocycles. The zero-order chi connectivity index (χ0) is 20.5. The maximum atomic E-state index is 13.0. The van der Waals surface area contributed by atoms with Crippen molar-refractivity contribution in [3.8, 4) is 0 Å².